The van der Waals surface area contributed by atoms with Crippen LogP contribution in [0.2, 0.25) is 0 Å². The van der Waals surface area contributed by atoms with E-state index in [9.17, 15) is 19.2 Å². The molecule has 4 unspecified atom stereocenters. The van der Waals surface area contributed by atoms with Crippen LogP contribution < -0.4 is 16.4 Å². The van der Waals surface area contributed by atoms with E-state index < -0.39 is 42.0 Å². The number of amides is 4. The number of anilines is 1. The third kappa shape index (κ3) is 7.61. The quantitative estimate of drug-likeness (QED) is 0.420. The number of carbonyl (C=O) groups is 4. The van der Waals surface area contributed by atoms with Gasteiger partial charge in [0.05, 0.1) is 6.42 Å². The third-order valence-electron chi connectivity index (χ3n) is 7.18. The first kappa shape index (κ1) is 30.7. The average Bonchev–Trinajstić information content (AvgIpc) is 3.55. The first-order chi connectivity index (χ1) is 18.6. The van der Waals surface area contributed by atoms with Crippen LogP contribution in [-0.4, -0.2) is 46.4 Å². The molecule has 0 bridgehead atoms. The molecule has 3 rings (SSSR count). The summed E-state index contributed by atoms with van der Waals surface area (Å²) in [6.45, 7) is 14.8. The number of aryl methyl sites for hydroxylation is 4. The Morgan fingerprint density at radius 3 is 2.10 bits per heavy atom. The smallest absolute Gasteiger partial charge is 0.408 e. The lowest BCUT2D eigenvalue weighted by Crippen LogP contribution is -2.54. The average molecular weight is 551 g/mol. The minimum absolute atomic E-state index is 0.127. The molecule has 0 aromatic heterocycles. The van der Waals surface area contributed by atoms with Crippen LogP contribution in [0.5, 0.6) is 0 Å². The second-order valence-electron chi connectivity index (χ2n) is 11.9. The van der Waals surface area contributed by atoms with Gasteiger partial charge >= 0.3 is 6.09 Å². The number of nitrogens with one attached hydrogen (secondary N) is 2. The molecule has 4 N–H and O–H groups in total. The van der Waals surface area contributed by atoms with E-state index in [4.69, 9.17) is 10.5 Å². The maximum Gasteiger partial charge on any atom is 0.408 e. The van der Waals surface area contributed by atoms with Crippen molar-refractivity contribution in [3.05, 3.63) is 64.2 Å². The normalized spacial score (nSPS) is 17.8. The Morgan fingerprint density at radius 1 is 1.00 bits per heavy atom. The number of rotatable bonds is 9. The number of hydrogen-bond donors (Lipinski definition) is 3. The van der Waals surface area contributed by atoms with Gasteiger partial charge in [-0.05, 0) is 88.6 Å². The molecule has 4 amide bonds. The van der Waals surface area contributed by atoms with Gasteiger partial charge in [0.2, 0.25) is 11.8 Å². The van der Waals surface area contributed by atoms with Gasteiger partial charge in [-0.2, -0.15) is 0 Å². The Bertz CT molecular complexity index is 1280. The topological polar surface area (TPSA) is 131 Å². The van der Waals surface area contributed by atoms with E-state index in [-0.39, 0.29) is 17.9 Å². The van der Waals surface area contributed by atoms with E-state index in [2.05, 4.69) is 10.6 Å². The van der Waals surface area contributed by atoms with E-state index in [0.29, 0.717) is 17.7 Å². The lowest BCUT2D eigenvalue weighted by molar-refractivity contribution is -0.142. The van der Waals surface area contributed by atoms with Crippen LogP contribution in [0.1, 0.15) is 74.4 Å². The summed E-state index contributed by atoms with van der Waals surface area (Å²) in [4.78, 5) is 54.6. The van der Waals surface area contributed by atoms with Crippen molar-refractivity contribution >= 4 is 29.5 Å². The van der Waals surface area contributed by atoms with Gasteiger partial charge < -0.3 is 26.0 Å². The van der Waals surface area contributed by atoms with Gasteiger partial charge in [0, 0.05) is 11.7 Å². The molecule has 1 saturated carbocycles. The molecule has 1 aliphatic rings. The van der Waals surface area contributed by atoms with Crippen molar-refractivity contribution in [1.82, 2.24) is 10.2 Å². The Labute approximate surface area is 236 Å². The van der Waals surface area contributed by atoms with Crippen LogP contribution in [0.4, 0.5) is 10.5 Å². The summed E-state index contributed by atoms with van der Waals surface area (Å²) in [7, 11) is 0. The highest BCUT2D eigenvalue weighted by atomic mass is 16.6. The zero-order valence-corrected chi connectivity index (χ0v) is 24.8. The Hall–Kier alpha value is -3.88. The summed E-state index contributed by atoms with van der Waals surface area (Å²) in [6, 6.07) is 8.82. The number of nitrogens with two attached hydrogens (primary N) is 1. The van der Waals surface area contributed by atoms with Crippen LogP contribution in [0.15, 0.2) is 36.4 Å². The fourth-order valence-corrected chi connectivity index (χ4v) is 4.78. The van der Waals surface area contributed by atoms with Gasteiger partial charge in [-0.15, -0.1) is 0 Å². The summed E-state index contributed by atoms with van der Waals surface area (Å²) in [5.74, 6) is -1.59. The monoisotopic (exact) mass is 550 g/mol. The molecule has 1 aliphatic carbocycles. The Morgan fingerprint density at radius 2 is 1.60 bits per heavy atom. The molecule has 9 heteroatoms. The van der Waals surface area contributed by atoms with Gasteiger partial charge in [-0.1, -0.05) is 43.3 Å². The largest absolute Gasteiger partial charge is 0.444 e. The number of benzene rings is 2. The van der Waals surface area contributed by atoms with Crippen molar-refractivity contribution in [3.8, 4) is 0 Å². The molecule has 2 aromatic rings. The standard InChI is InChI=1S/C31H42N4O5/c1-17-12-13-22(14-20(17)4)27(28(37)34-26-18(2)10-9-11-19(26)3)35(24-15-21(24)5)29(38)23(16-25(32)36)33-30(39)40-31(6,7)8/h9-14,21,23-24,27H,15-16H2,1-8H3,(H2,32,36)(H,33,39)(H,34,37). The summed E-state index contributed by atoms with van der Waals surface area (Å²) in [5.41, 5.74) is 9.79. The molecule has 0 aliphatic heterocycles. The maximum absolute atomic E-state index is 14.2. The highest BCUT2D eigenvalue weighted by Gasteiger charge is 2.48. The first-order valence-electron chi connectivity index (χ1n) is 13.6. The van der Waals surface area contributed by atoms with E-state index >= 15 is 0 Å². The zero-order chi connectivity index (χ0) is 29.9. The predicted molar refractivity (Wildman–Crippen MR) is 155 cm³/mol. The molecule has 0 heterocycles. The molecular weight excluding hydrogens is 508 g/mol. The van der Waals surface area contributed by atoms with Gasteiger partial charge in [0.25, 0.3) is 5.91 Å². The van der Waals surface area contributed by atoms with Crippen LogP contribution in [-0.2, 0) is 19.1 Å². The van der Waals surface area contributed by atoms with E-state index in [1.54, 1.807) is 20.8 Å². The number of primary amides is 1. The molecule has 1 fully saturated rings. The van der Waals surface area contributed by atoms with E-state index in [1.165, 1.54) is 4.90 Å². The Balaban J connectivity index is 2.09. The van der Waals surface area contributed by atoms with Crippen LogP contribution in [0.3, 0.4) is 0 Å². The van der Waals surface area contributed by atoms with Gasteiger partial charge in [-0.3, -0.25) is 14.4 Å². The molecule has 216 valence electrons. The maximum atomic E-state index is 14.2. The van der Waals surface area contributed by atoms with Gasteiger partial charge in [0.15, 0.2) is 0 Å². The summed E-state index contributed by atoms with van der Waals surface area (Å²) in [6.07, 6.45) is -0.605. The SMILES string of the molecule is Cc1ccc(C(C(=O)Nc2c(C)cccc2C)N(C(=O)C(CC(N)=O)NC(=O)OC(C)(C)C)C2CC2C)cc1C. The first-order valence-corrected chi connectivity index (χ1v) is 13.6. The van der Waals surface area contributed by atoms with Gasteiger partial charge in [0.1, 0.15) is 17.7 Å². The number of alkyl carbamates (subject to hydrolysis) is 1. The molecule has 2 aromatic carbocycles. The van der Waals surface area contributed by atoms with Crippen LogP contribution in [0, 0.1) is 33.6 Å². The van der Waals surface area contributed by atoms with Crippen molar-refractivity contribution < 1.29 is 23.9 Å². The summed E-state index contributed by atoms with van der Waals surface area (Å²) in [5, 5.41) is 5.59. The lowest BCUT2D eigenvalue weighted by atomic mass is 9.97. The molecule has 0 spiro atoms. The van der Waals surface area contributed by atoms with E-state index in [0.717, 1.165) is 22.3 Å². The van der Waals surface area contributed by atoms with Crippen molar-refractivity contribution in [3.63, 3.8) is 0 Å². The molecule has 40 heavy (non-hydrogen) atoms. The zero-order valence-electron chi connectivity index (χ0n) is 24.8. The number of ether oxygens (including phenoxy) is 1. The highest BCUT2D eigenvalue weighted by molar-refractivity contribution is 6.00. The second kappa shape index (κ2) is 12.1. The van der Waals surface area contributed by atoms with Crippen molar-refractivity contribution in [2.75, 3.05) is 5.32 Å². The molecule has 9 nitrogen and oxygen atoms in total. The predicted octanol–water partition coefficient (Wildman–Crippen LogP) is 4.61. The lowest BCUT2D eigenvalue weighted by Gasteiger charge is -2.35. The molecule has 0 radical (unpaired) electrons. The summed E-state index contributed by atoms with van der Waals surface area (Å²) >= 11 is 0. The fourth-order valence-electron chi connectivity index (χ4n) is 4.78. The minimum atomic E-state index is -1.30. The van der Waals surface area contributed by atoms with Gasteiger partial charge in [-0.25, -0.2) is 4.79 Å². The third-order valence-corrected chi connectivity index (χ3v) is 7.18. The molecule has 4 atom stereocenters. The van der Waals surface area contributed by atoms with Crippen molar-refractivity contribution in [2.45, 2.75) is 92.0 Å². The van der Waals surface area contributed by atoms with Crippen LogP contribution >= 0.6 is 0 Å². The van der Waals surface area contributed by atoms with Crippen LogP contribution in [0.25, 0.3) is 0 Å². The van der Waals surface area contributed by atoms with E-state index in [1.807, 2.05) is 71.0 Å². The molecule has 0 saturated heterocycles. The van der Waals surface area contributed by atoms with Crippen molar-refractivity contribution in [1.29, 1.82) is 0 Å². The second-order valence-corrected chi connectivity index (χ2v) is 11.9. The van der Waals surface area contributed by atoms with Crippen molar-refractivity contribution in [2.24, 2.45) is 11.7 Å². The summed E-state index contributed by atoms with van der Waals surface area (Å²) < 4.78 is 5.35. The Kier molecular flexibility index (Phi) is 9.28. The molecular formula is C31H42N4O5. The number of nitrogens with zero attached hydrogens (tertiary/aromatic N) is 1. The fraction of sp³-hybridized carbons (Fsp3) is 0.484. The number of hydrogen-bond acceptors (Lipinski definition) is 5. The number of para-hydroxylation sites is 1. The number of carbonyl (C=O) groups excluding carboxylic acids is 4. The highest BCUT2D eigenvalue weighted by Crippen LogP contribution is 2.41. The minimum Gasteiger partial charge on any atom is -0.444 e.